The van der Waals surface area contributed by atoms with Crippen LogP contribution in [-0.4, -0.2) is 55.0 Å². The molecule has 1 aromatic rings. The van der Waals surface area contributed by atoms with Crippen LogP contribution in [0, 0.1) is 5.92 Å². The van der Waals surface area contributed by atoms with Gasteiger partial charge in [-0.15, -0.1) is 0 Å². The summed E-state index contributed by atoms with van der Waals surface area (Å²) in [5, 5.41) is 3.65. The van der Waals surface area contributed by atoms with Gasteiger partial charge >= 0.3 is 0 Å². The molecule has 2 aliphatic rings. The maximum atomic E-state index is 4.54. The fourth-order valence-corrected chi connectivity index (χ4v) is 3.98. The Morgan fingerprint density at radius 3 is 2.79 bits per heavy atom. The predicted molar refractivity (Wildman–Crippen MR) is 101 cm³/mol. The molecule has 0 bridgehead atoms. The fraction of sp³-hybridized carbons (Fsp3) is 0.650. The van der Waals surface area contributed by atoms with E-state index in [1.165, 1.54) is 37.1 Å². The first kappa shape index (κ1) is 17.3. The zero-order chi connectivity index (χ0) is 16.9. The number of nitrogens with one attached hydrogen (secondary N) is 1. The van der Waals surface area contributed by atoms with Gasteiger partial charge in [0.1, 0.15) is 0 Å². The second-order valence-electron chi connectivity index (χ2n) is 7.47. The summed E-state index contributed by atoms with van der Waals surface area (Å²) in [4.78, 5) is 9.54. The quantitative estimate of drug-likeness (QED) is 0.684. The van der Waals surface area contributed by atoms with E-state index in [0.29, 0.717) is 6.04 Å². The van der Waals surface area contributed by atoms with Crippen LogP contribution in [0.5, 0.6) is 0 Å². The Hall–Kier alpha value is -1.55. The summed E-state index contributed by atoms with van der Waals surface area (Å²) in [7, 11) is 1.91. The highest BCUT2D eigenvalue weighted by atomic mass is 15.3. The number of aliphatic imine (C=N–C) groups is 1. The standard InChI is InChI=1S/C20H32N4/c1-16(2)23-11-6-7-17(14-23)13-22-20(21-3)24-12-10-18-8-4-5-9-19(18)15-24/h4-5,8-9,16-17H,6-7,10-15H2,1-3H3,(H,21,22). The lowest BCUT2D eigenvalue weighted by atomic mass is 9.97. The van der Waals surface area contributed by atoms with Crippen LogP contribution in [0.3, 0.4) is 0 Å². The SMILES string of the molecule is CN=C(NCC1CCCN(C(C)C)C1)N1CCc2ccccc2C1. The van der Waals surface area contributed by atoms with E-state index in [-0.39, 0.29) is 0 Å². The number of rotatable bonds is 3. The maximum Gasteiger partial charge on any atom is 0.193 e. The lowest BCUT2D eigenvalue weighted by molar-refractivity contribution is 0.140. The molecule has 132 valence electrons. The number of benzene rings is 1. The van der Waals surface area contributed by atoms with Crippen LogP contribution in [0.25, 0.3) is 0 Å². The molecule has 2 aliphatic heterocycles. The monoisotopic (exact) mass is 328 g/mol. The Labute approximate surface area is 146 Å². The summed E-state index contributed by atoms with van der Waals surface area (Å²) in [5.74, 6) is 1.79. The molecule has 0 radical (unpaired) electrons. The van der Waals surface area contributed by atoms with Crippen molar-refractivity contribution in [3.63, 3.8) is 0 Å². The summed E-state index contributed by atoms with van der Waals surface area (Å²) in [6, 6.07) is 9.44. The van der Waals surface area contributed by atoms with E-state index in [1.54, 1.807) is 0 Å². The third-order valence-electron chi connectivity index (χ3n) is 5.47. The van der Waals surface area contributed by atoms with Gasteiger partial charge in [-0.05, 0) is 56.7 Å². The van der Waals surface area contributed by atoms with E-state index in [4.69, 9.17) is 0 Å². The van der Waals surface area contributed by atoms with Gasteiger partial charge in [0.2, 0.25) is 0 Å². The zero-order valence-corrected chi connectivity index (χ0v) is 15.5. The molecule has 4 nitrogen and oxygen atoms in total. The summed E-state index contributed by atoms with van der Waals surface area (Å²) in [5.41, 5.74) is 2.93. The molecular weight excluding hydrogens is 296 g/mol. The van der Waals surface area contributed by atoms with Crippen molar-refractivity contribution in [1.29, 1.82) is 0 Å². The molecule has 1 saturated heterocycles. The molecule has 1 fully saturated rings. The van der Waals surface area contributed by atoms with Gasteiger partial charge in [0.05, 0.1) is 0 Å². The van der Waals surface area contributed by atoms with Gasteiger partial charge in [-0.2, -0.15) is 0 Å². The predicted octanol–water partition coefficient (Wildman–Crippen LogP) is 2.74. The van der Waals surface area contributed by atoms with Crippen molar-refractivity contribution >= 4 is 5.96 Å². The van der Waals surface area contributed by atoms with Crippen molar-refractivity contribution in [2.45, 2.75) is 45.7 Å². The third kappa shape index (κ3) is 4.10. The molecule has 0 spiro atoms. The second kappa shape index (κ2) is 8.02. The summed E-state index contributed by atoms with van der Waals surface area (Å²) >= 11 is 0. The van der Waals surface area contributed by atoms with E-state index in [1.807, 2.05) is 7.05 Å². The Bertz CT molecular complexity index is 567. The zero-order valence-electron chi connectivity index (χ0n) is 15.5. The van der Waals surface area contributed by atoms with Crippen molar-refractivity contribution in [1.82, 2.24) is 15.1 Å². The van der Waals surface area contributed by atoms with Gasteiger partial charge in [-0.3, -0.25) is 4.99 Å². The van der Waals surface area contributed by atoms with Crippen molar-refractivity contribution in [2.75, 3.05) is 33.2 Å². The van der Waals surface area contributed by atoms with Crippen LogP contribution in [0.15, 0.2) is 29.3 Å². The molecule has 0 amide bonds. The summed E-state index contributed by atoms with van der Waals surface area (Å²) in [6.07, 6.45) is 3.76. The first-order valence-corrected chi connectivity index (χ1v) is 9.43. The van der Waals surface area contributed by atoms with Crippen molar-refractivity contribution in [3.8, 4) is 0 Å². The Morgan fingerprint density at radius 2 is 2.04 bits per heavy atom. The molecule has 4 heteroatoms. The Kier molecular flexibility index (Phi) is 5.77. The van der Waals surface area contributed by atoms with Crippen LogP contribution in [-0.2, 0) is 13.0 Å². The maximum absolute atomic E-state index is 4.54. The number of fused-ring (bicyclic) bond motifs is 1. The van der Waals surface area contributed by atoms with E-state index in [2.05, 4.69) is 58.2 Å². The topological polar surface area (TPSA) is 30.9 Å². The highest BCUT2D eigenvalue weighted by molar-refractivity contribution is 5.80. The summed E-state index contributed by atoms with van der Waals surface area (Å²) < 4.78 is 0. The molecule has 1 unspecified atom stereocenters. The molecule has 24 heavy (non-hydrogen) atoms. The van der Waals surface area contributed by atoms with Crippen LogP contribution in [0.2, 0.25) is 0 Å². The molecule has 0 aliphatic carbocycles. The third-order valence-corrected chi connectivity index (χ3v) is 5.47. The summed E-state index contributed by atoms with van der Waals surface area (Å²) in [6.45, 7) is 10.1. The van der Waals surface area contributed by atoms with Crippen molar-refractivity contribution < 1.29 is 0 Å². The highest BCUT2D eigenvalue weighted by Crippen LogP contribution is 2.20. The van der Waals surface area contributed by atoms with Gasteiger partial charge in [-0.1, -0.05) is 24.3 Å². The van der Waals surface area contributed by atoms with Gasteiger partial charge in [0, 0.05) is 39.3 Å². The molecule has 0 saturated carbocycles. The normalized spacial score (nSPS) is 22.6. The van der Waals surface area contributed by atoms with E-state index in [9.17, 15) is 0 Å². The smallest absolute Gasteiger partial charge is 0.193 e. The molecule has 1 aromatic carbocycles. The van der Waals surface area contributed by atoms with E-state index in [0.717, 1.165) is 37.9 Å². The van der Waals surface area contributed by atoms with E-state index >= 15 is 0 Å². The average molecular weight is 329 g/mol. The lowest BCUT2D eigenvalue weighted by Gasteiger charge is -2.37. The molecule has 1 atom stereocenters. The number of likely N-dealkylation sites (tertiary alicyclic amines) is 1. The first-order chi connectivity index (χ1) is 11.7. The van der Waals surface area contributed by atoms with Gasteiger partial charge in [0.25, 0.3) is 0 Å². The second-order valence-corrected chi connectivity index (χ2v) is 7.47. The molecule has 0 aromatic heterocycles. The average Bonchev–Trinajstić information content (AvgIpc) is 2.62. The molecule has 2 heterocycles. The van der Waals surface area contributed by atoms with Crippen molar-refractivity contribution in [3.05, 3.63) is 35.4 Å². The minimum Gasteiger partial charge on any atom is -0.356 e. The number of hydrogen-bond donors (Lipinski definition) is 1. The Morgan fingerprint density at radius 1 is 1.25 bits per heavy atom. The van der Waals surface area contributed by atoms with Crippen LogP contribution in [0.4, 0.5) is 0 Å². The minimum atomic E-state index is 0.658. The Balaban J connectivity index is 1.54. The van der Waals surface area contributed by atoms with E-state index < -0.39 is 0 Å². The molecule has 3 rings (SSSR count). The lowest BCUT2D eigenvalue weighted by Crippen LogP contribution is -2.48. The van der Waals surface area contributed by atoms with Gasteiger partial charge in [0.15, 0.2) is 5.96 Å². The highest BCUT2D eigenvalue weighted by Gasteiger charge is 2.23. The fourth-order valence-electron chi connectivity index (χ4n) is 3.98. The number of hydrogen-bond acceptors (Lipinski definition) is 2. The molecule has 1 N–H and O–H groups in total. The minimum absolute atomic E-state index is 0.658. The molecular formula is C20H32N4. The largest absolute Gasteiger partial charge is 0.356 e. The van der Waals surface area contributed by atoms with Gasteiger partial charge < -0.3 is 15.1 Å². The number of guanidine groups is 1. The first-order valence-electron chi connectivity index (χ1n) is 9.43. The van der Waals surface area contributed by atoms with Gasteiger partial charge in [-0.25, -0.2) is 0 Å². The number of piperidine rings is 1. The van der Waals surface area contributed by atoms with Crippen molar-refractivity contribution in [2.24, 2.45) is 10.9 Å². The van der Waals surface area contributed by atoms with Crippen LogP contribution < -0.4 is 5.32 Å². The van der Waals surface area contributed by atoms with Crippen LogP contribution in [0.1, 0.15) is 37.8 Å². The number of nitrogens with zero attached hydrogens (tertiary/aromatic N) is 3. The van der Waals surface area contributed by atoms with Crippen LogP contribution >= 0.6 is 0 Å².